The Morgan fingerprint density at radius 2 is 1.88 bits per heavy atom. The highest BCUT2D eigenvalue weighted by molar-refractivity contribution is 7.95. The van der Waals surface area contributed by atoms with Crippen molar-refractivity contribution < 1.29 is 8.42 Å². The van der Waals surface area contributed by atoms with E-state index in [0.717, 1.165) is 17.4 Å². The van der Waals surface area contributed by atoms with Crippen molar-refractivity contribution in [2.45, 2.75) is 18.4 Å². The molecule has 0 bridgehead atoms. The third-order valence-corrected chi connectivity index (χ3v) is 5.72. The van der Waals surface area contributed by atoms with Crippen LogP contribution in [-0.4, -0.2) is 13.0 Å². The van der Waals surface area contributed by atoms with E-state index in [4.69, 9.17) is 5.73 Å². The lowest BCUT2D eigenvalue weighted by atomic mass is 10.1. The van der Waals surface area contributed by atoms with Crippen LogP contribution in [0.4, 0.5) is 5.69 Å². The summed E-state index contributed by atoms with van der Waals surface area (Å²) in [6.45, 7) is 2.76. The summed E-state index contributed by atoms with van der Waals surface area (Å²) in [5, 5.41) is 10.4. The number of nitriles is 1. The molecule has 6 heteroatoms. The summed E-state index contributed by atoms with van der Waals surface area (Å²) in [6, 6.07) is 15.4. The number of aromatic nitrogens is 1. The van der Waals surface area contributed by atoms with Gasteiger partial charge in [0.25, 0.3) is 0 Å². The molecular weight excluding hydrogens is 334 g/mol. The second kappa shape index (κ2) is 6.46. The van der Waals surface area contributed by atoms with Crippen LogP contribution in [-0.2, 0) is 16.4 Å². The van der Waals surface area contributed by atoms with Crippen molar-refractivity contribution in [2.24, 2.45) is 0 Å². The van der Waals surface area contributed by atoms with E-state index in [9.17, 15) is 13.7 Å². The highest BCUT2D eigenvalue weighted by atomic mass is 32.2. The Hall–Kier alpha value is -3.04. The minimum atomic E-state index is -3.90. The van der Waals surface area contributed by atoms with Gasteiger partial charge in [0.2, 0.25) is 9.84 Å². The molecule has 0 aliphatic carbocycles. The number of anilines is 1. The monoisotopic (exact) mass is 351 g/mol. The van der Waals surface area contributed by atoms with Crippen LogP contribution in [0.25, 0.3) is 17.0 Å². The molecule has 3 rings (SSSR count). The summed E-state index contributed by atoms with van der Waals surface area (Å²) >= 11 is 0. The number of hydrogen-bond acceptors (Lipinski definition) is 4. The zero-order valence-electron chi connectivity index (χ0n) is 13.7. The van der Waals surface area contributed by atoms with E-state index in [1.165, 1.54) is 30.3 Å². The molecule has 3 aromatic rings. The van der Waals surface area contributed by atoms with Gasteiger partial charge in [-0.2, -0.15) is 5.26 Å². The molecule has 5 nitrogen and oxygen atoms in total. The van der Waals surface area contributed by atoms with E-state index in [1.807, 2.05) is 48.0 Å². The average molecular weight is 351 g/mol. The summed E-state index contributed by atoms with van der Waals surface area (Å²) in [6.07, 6.45) is 3.29. The highest BCUT2D eigenvalue weighted by Crippen LogP contribution is 2.27. The number of hydrogen-bond donors (Lipinski definition) is 1. The van der Waals surface area contributed by atoms with Crippen LogP contribution in [0, 0.1) is 11.3 Å². The number of benzene rings is 2. The van der Waals surface area contributed by atoms with Crippen LogP contribution in [0.5, 0.6) is 0 Å². The first-order chi connectivity index (χ1) is 12.0. The fraction of sp³-hybridized carbons (Fsp3) is 0.105. The molecule has 0 saturated heterocycles. The quantitative estimate of drug-likeness (QED) is 0.575. The van der Waals surface area contributed by atoms with Gasteiger partial charge in [0.05, 0.1) is 4.90 Å². The predicted molar refractivity (Wildman–Crippen MR) is 99.2 cm³/mol. The topological polar surface area (TPSA) is 88.9 Å². The summed E-state index contributed by atoms with van der Waals surface area (Å²) in [4.78, 5) is -0.245. The van der Waals surface area contributed by atoms with Gasteiger partial charge in [0.1, 0.15) is 11.0 Å². The number of para-hydroxylation sites is 1. The van der Waals surface area contributed by atoms with E-state index in [1.54, 1.807) is 0 Å². The third kappa shape index (κ3) is 3.02. The van der Waals surface area contributed by atoms with Gasteiger partial charge in [-0.1, -0.05) is 18.2 Å². The molecule has 2 aromatic carbocycles. The van der Waals surface area contributed by atoms with Gasteiger partial charge in [0.15, 0.2) is 0 Å². The van der Waals surface area contributed by atoms with Crippen molar-refractivity contribution in [1.82, 2.24) is 4.57 Å². The standard InChI is InChI=1S/C19H17N3O2S/c1-2-22-13-14(18-5-3-4-6-19(18)22)11-17(12-20)25(23,24)16-9-7-15(21)8-10-16/h3-11,13H,2,21H2,1H3/b17-11+. The lowest BCUT2D eigenvalue weighted by Crippen LogP contribution is -2.03. The molecule has 0 aliphatic heterocycles. The molecule has 126 valence electrons. The largest absolute Gasteiger partial charge is 0.399 e. The van der Waals surface area contributed by atoms with E-state index < -0.39 is 9.84 Å². The fourth-order valence-corrected chi connectivity index (χ4v) is 3.89. The van der Waals surface area contributed by atoms with Crippen molar-refractivity contribution in [3.8, 4) is 6.07 Å². The minimum absolute atomic E-state index is 0.0497. The fourth-order valence-electron chi connectivity index (χ4n) is 2.74. The van der Waals surface area contributed by atoms with Crippen molar-refractivity contribution in [1.29, 1.82) is 5.26 Å². The van der Waals surface area contributed by atoms with Crippen LogP contribution < -0.4 is 5.73 Å². The number of allylic oxidation sites excluding steroid dienone is 1. The molecule has 0 radical (unpaired) electrons. The number of sulfone groups is 1. The van der Waals surface area contributed by atoms with E-state index in [0.29, 0.717) is 11.3 Å². The molecule has 0 aliphatic rings. The smallest absolute Gasteiger partial charge is 0.216 e. The maximum absolute atomic E-state index is 12.8. The van der Waals surface area contributed by atoms with Crippen LogP contribution in [0.15, 0.2) is 64.5 Å². The molecule has 0 spiro atoms. The maximum atomic E-state index is 12.8. The highest BCUT2D eigenvalue weighted by Gasteiger charge is 2.21. The van der Waals surface area contributed by atoms with Crippen molar-refractivity contribution in [3.63, 3.8) is 0 Å². The average Bonchev–Trinajstić information content (AvgIpc) is 2.97. The van der Waals surface area contributed by atoms with Gasteiger partial charge in [-0.05, 0) is 43.3 Å². The van der Waals surface area contributed by atoms with Crippen molar-refractivity contribution in [3.05, 3.63) is 65.2 Å². The Morgan fingerprint density at radius 1 is 1.20 bits per heavy atom. The molecule has 25 heavy (non-hydrogen) atoms. The SMILES string of the molecule is CCn1cc(/C=C(\C#N)S(=O)(=O)c2ccc(N)cc2)c2ccccc21. The van der Waals surface area contributed by atoms with Gasteiger partial charge in [-0.25, -0.2) is 8.42 Å². The zero-order valence-corrected chi connectivity index (χ0v) is 14.5. The Balaban J connectivity index is 2.16. The summed E-state index contributed by atoms with van der Waals surface area (Å²) < 4.78 is 27.5. The second-order valence-corrected chi connectivity index (χ2v) is 7.50. The summed E-state index contributed by atoms with van der Waals surface area (Å²) in [5.41, 5.74) is 7.77. The second-order valence-electron chi connectivity index (χ2n) is 5.58. The molecule has 0 unspecified atom stereocenters. The van der Waals surface area contributed by atoms with Crippen LogP contribution >= 0.6 is 0 Å². The minimum Gasteiger partial charge on any atom is -0.399 e. The van der Waals surface area contributed by atoms with Crippen LogP contribution in [0.2, 0.25) is 0 Å². The number of rotatable bonds is 4. The summed E-state index contributed by atoms with van der Waals surface area (Å²) in [7, 11) is -3.90. The first-order valence-corrected chi connectivity index (χ1v) is 9.26. The van der Waals surface area contributed by atoms with Gasteiger partial charge in [0, 0.05) is 34.9 Å². The summed E-state index contributed by atoms with van der Waals surface area (Å²) in [5.74, 6) is 0. The first-order valence-electron chi connectivity index (χ1n) is 7.77. The lowest BCUT2D eigenvalue weighted by Gasteiger charge is -2.03. The molecule has 0 saturated carbocycles. The molecule has 1 heterocycles. The Labute approximate surface area is 146 Å². The number of nitrogens with two attached hydrogens (primary N) is 1. The van der Waals surface area contributed by atoms with Gasteiger partial charge in [-0.3, -0.25) is 0 Å². The van der Waals surface area contributed by atoms with Crippen LogP contribution in [0.3, 0.4) is 0 Å². The van der Waals surface area contributed by atoms with Crippen LogP contribution in [0.1, 0.15) is 12.5 Å². The third-order valence-electron chi connectivity index (χ3n) is 4.04. The van der Waals surface area contributed by atoms with Crippen molar-refractivity contribution in [2.75, 3.05) is 5.73 Å². The van der Waals surface area contributed by atoms with E-state index in [-0.39, 0.29) is 9.80 Å². The number of nitrogen functional groups attached to an aromatic ring is 1. The maximum Gasteiger partial charge on any atom is 0.216 e. The van der Waals surface area contributed by atoms with E-state index >= 15 is 0 Å². The molecule has 1 aromatic heterocycles. The Kier molecular flexibility index (Phi) is 4.34. The van der Waals surface area contributed by atoms with Gasteiger partial charge < -0.3 is 10.3 Å². The normalized spacial score (nSPS) is 12.2. The van der Waals surface area contributed by atoms with E-state index in [2.05, 4.69) is 0 Å². The first kappa shape index (κ1) is 16.8. The molecular formula is C19H17N3O2S. The predicted octanol–water partition coefficient (Wildman–Crippen LogP) is 3.58. The lowest BCUT2D eigenvalue weighted by molar-refractivity contribution is 0.603. The zero-order chi connectivity index (χ0) is 18.0. The molecule has 0 fully saturated rings. The van der Waals surface area contributed by atoms with Gasteiger partial charge >= 0.3 is 0 Å². The Bertz CT molecular complexity index is 1100. The number of fused-ring (bicyclic) bond motifs is 1. The van der Waals surface area contributed by atoms with Crippen molar-refractivity contribution >= 4 is 32.5 Å². The molecule has 0 atom stereocenters. The molecule has 0 amide bonds. The number of nitrogens with zero attached hydrogens (tertiary/aromatic N) is 2. The van der Waals surface area contributed by atoms with Gasteiger partial charge in [-0.15, -0.1) is 0 Å². The Morgan fingerprint density at radius 3 is 2.52 bits per heavy atom. The molecule has 2 N–H and O–H groups in total. The number of aryl methyl sites for hydroxylation is 1.